The van der Waals surface area contributed by atoms with Crippen molar-refractivity contribution in [3.8, 4) is 5.75 Å². The number of benzene rings is 2. The van der Waals surface area contributed by atoms with Gasteiger partial charge in [0, 0.05) is 18.3 Å². The summed E-state index contributed by atoms with van der Waals surface area (Å²) in [5, 5.41) is 22.3. The van der Waals surface area contributed by atoms with Gasteiger partial charge in [-0.05, 0) is 29.2 Å². The molecule has 0 N–H and O–H groups in total. The monoisotopic (exact) mass is 283 g/mol. The minimum absolute atomic E-state index is 0.119. The summed E-state index contributed by atoms with van der Waals surface area (Å²) in [6.07, 6.45) is 1.36. The number of aliphatic imine (C=N–C) groups is 1. The summed E-state index contributed by atoms with van der Waals surface area (Å²) >= 11 is 0. The predicted octanol–water partition coefficient (Wildman–Crippen LogP) is 3.54. The second-order valence-electron chi connectivity index (χ2n) is 4.98. The van der Waals surface area contributed by atoms with Gasteiger partial charge in [-0.2, -0.15) is 0 Å². The second kappa shape index (κ2) is 6.17. The van der Waals surface area contributed by atoms with Crippen molar-refractivity contribution in [1.82, 2.24) is 0 Å². The predicted molar refractivity (Wildman–Crippen MR) is 80.3 cm³/mol. The maximum atomic E-state index is 11.6. The minimum Gasteiger partial charge on any atom is -0.872 e. The van der Waals surface area contributed by atoms with Gasteiger partial charge in [-0.15, -0.1) is 0 Å². The van der Waals surface area contributed by atoms with Gasteiger partial charge in [-0.3, -0.25) is 15.1 Å². The average Bonchev–Trinajstić information content (AvgIpc) is 2.46. The number of nitro groups is 1. The molecule has 0 spiro atoms. The first-order valence-corrected chi connectivity index (χ1v) is 6.57. The van der Waals surface area contributed by atoms with E-state index >= 15 is 0 Å². The van der Waals surface area contributed by atoms with E-state index in [0.29, 0.717) is 11.6 Å². The summed E-state index contributed by atoms with van der Waals surface area (Å²) in [5.41, 5.74) is 1.99. The van der Waals surface area contributed by atoms with Gasteiger partial charge in [-0.25, -0.2) is 0 Å². The highest BCUT2D eigenvalue weighted by atomic mass is 16.6. The van der Waals surface area contributed by atoms with Gasteiger partial charge in [0.1, 0.15) is 0 Å². The number of nitrogens with zero attached hydrogens (tertiary/aromatic N) is 2. The van der Waals surface area contributed by atoms with Crippen LogP contribution in [0.15, 0.2) is 47.5 Å². The van der Waals surface area contributed by atoms with E-state index in [1.54, 1.807) is 0 Å². The van der Waals surface area contributed by atoms with Crippen LogP contribution < -0.4 is 5.11 Å². The first-order chi connectivity index (χ1) is 9.97. The fourth-order valence-electron chi connectivity index (χ4n) is 1.84. The Balaban J connectivity index is 2.24. The maximum absolute atomic E-state index is 11.6. The van der Waals surface area contributed by atoms with Gasteiger partial charge >= 0.3 is 0 Å². The molecule has 0 radical (unpaired) electrons. The van der Waals surface area contributed by atoms with E-state index in [2.05, 4.69) is 18.8 Å². The molecule has 0 aliphatic rings. The van der Waals surface area contributed by atoms with Crippen LogP contribution in [0.25, 0.3) is 0 Å². The Morgan fingerprint density at radius 2 is 1.81 bits per heavy atom. The molecule has 0 aliphatic carbocycles. The normalized spacial score (nSPS) is 11.2. The smallest absolute Gasteiger partial charge is 0.270 e. The molecule has 0 aliphatic heterocycles. The molecule has 5 nitrogen and oxygen atoms in total. The average molecular weight is 283 g/mol. The van der Waals surface area contributed by atoms with Crippen molar-refractivity contribution in [2.75, 3.05) is 0 Å². The highest BCUT2D eigenvalue weighted by Gasteiger charge is 2.05. The lowest BCUT2D eigenvalue weighted by molar-refractivity contribution is -0.385. The third-order valence-electron chi connectivity index (χ3n) is 3.12. The molecule has 0 unspecified atom stereocenters. The Morgan fingerprint density at radius 3 is 2.38 bits per heavy atom. The molecule has 108 valence electrons. The van der Waals surface area contributed by atoms with Crippen LogP contribution in [0, 0.1) is 10.1 Å². The third kappa shape index (κ3) is 3.66. The number of nitro benzene ring substituents is 1. The minimum atomic E-state index is -0.534. The first kappa shape index (κ1) is 14.7. The van der Waals surface area contributed by atoms with Crippen LogP contribution in [-0.4, -0.2) is 11.1 Å². The van der Waals surface area contributed by atoms with Crippen LogP contribution in [0.3, 0.4) is 0 Å². The van der Waals surface area contributed by atoms with E-state index in [0.717, 1.165) is 0 Å². The van der Waals surface area contributed by atoms with Crippen LogP contribution >= 0.6 is 0 Å². The zero-order valence-corrected chi connectivity index (χ0v) is 11.8. The fraction of sp³-hybridized carbons (Fsp3) is 0.188. The molecule has 0 atom stereocenters. The third-order valence-corrected chi connectivity index (χ3v) is 3.12. The standard InChI is InChI=1S/C16H16N2O3/c1-11(2)12-3-5-14(6-4-12)17-10-13-9-15(18(20)21)7-8-16(13)19/h3-11,19H,1-2H3/p-1. The number of hydrogen-bond acceptors (Lipinski definition) is 4. The summed E-state index contributed by atoms with van der Waals surface area (Å²) in [6, 6.07) is 11.3. The van der Waals surface area contributed by atoms with Crippen molar-refractivity contribution in [2.45, 2.75) is 19.8 Å². The topological polar surface area (TPSA) is 78.6 Å². The van der Waals surface area contributed by atoms with Gasteiger partial charge in [0.15, 0.2) is 0 Å². The van der Waals surface area contributed by atoms with Gasteiger partial charge in [0.05, 0.1) is 10.6 Å². The molecular formula is C16H15N2O3-. The lowest BCUT2D eigenvalue weighted by Gasteiger charge is -2.08. The summed E-state index contributed by atoms with van der Waals surface area (Å²) < 4.78 is 0. The maximum Gasteiger partial charge on any atom is 0.270 e. The molecule has 2 aromatic carbocycles. The van der Waals surface area contributed by atoms with E-state index in [1.165, 1.54) is 30.0 Å². The van der Waals surface area contributed by atoms with E-state index < -0.39 is 4.92 Å². The summed E-state index contributed by atoms with van der Waals surface area (Å²) in [5.74, 6) is 0.149. The number of non-ortho nitro benzene ring substituents is 1. The van der Waals surface area contributed by atoms with Crippen molar-refractivity contribution in [1.29, 1.82) is 0 Å². The Hall–Kier alpha value is -2.69. The Labute approximate surface area is 122 Å². The van der Waals surface area contributed by atoms with Crippen molar-refractivity contribution >= 4 is 17.6 Å². The van der Waals surface area contributed by atoms with Crippen LogP contribution in [-0.2, 0) is 0 Å². The molecule has 5 heteroatoms. The van der Waals surface area contributed by atoms with Crippen LogP contribution in [0.2, 0.25) is 0 Å². The van der Waals surface area contributed by atoms with Gasteiger partial charge < -0.3 is 5.11 Å². The highest BCUT2D eigenvalue weighted by Crippen LogP contribution is 2.22. The van der Waals surface area contributed by atoms with Crippen molar-refractivity contribution in [2.24, 2.45) is 4.99 Å². The van der Waals surface area contributed by atoms with Crippen molar-refractivity contribution in [3.05, 3.63) is 63.7 Å². The van der Waals surface area contributed by atoms with Crippen molar-refractivity contribution in [3.63, 3.8) is 0 Å². The van der Waals surface area contributed by atoms with Crippen molar-refractivity contribution < 1.29 is 10.0 Å². The van der Waals surface area contributed by atoms with E-state index in [4.69, 9.17) is 0 Å². The molecular weight excluding hydrogens is 268 g/mol. The van der Waals surface area contributed by atoms with E-state index in [1.807, 2.05) is 24.3 Å². The first-order valence-electron chi connectivity index (χ1n) is 6.57. The van der Waals surface area contributed by atoms with Gasteiger partial charge in [-0.1, -0.05) is 37.8 Å². The Morgan fingerprint density at radius 1 is 1.14 bits per heavy atom. The summed E-state index contributed by atoms with van der Waals surface area (Å²) in [4.78, 5) is 14.4. The van der Waals surface area contributed by atoms with Crippen LogP contribution in [0.4, 0.5) is 11.4 Å². The molecule has 0 bridgehead atoms. The van der Waals surface area contributed by atoms with Gasteiger partial charge in [0.25, 0.3) is 5.69 Å². The lowest BCUT2D eigenvalue weighted by atomic mass is 10.0. The fourth-order valence-corrected chi connectivity index (χ4v) is 1.84. The van der Waals surface area contributed by atoms with Crippen LogP contribution in [0.1, 0.15) is 30.9 Å². The molecule has 0 saturated heterocycles. The molecule has 21 heavy (non-hydrogen) atoms. The Kier molecular flexibility index (Phi) is 4.33. The molecule has 0 fully saturated rings. The number of hydrogen-bond donors (Lipinski definition) is 0. The summed E-state index contributed by atoms with van der Waals surface area (Å²) in [6.45, 7) is 4.20. The largest absolute Gasteiger partial charge is 0.872 e. The summed E-state index contributed by atoms with van der Waals surface area (Å²) in [7, 11) is 0. The lowest BCUT2D eigenvalue weighted by Crippen LogP contribution is -1.98. The zero-order chi connectivity index (χ0) is 15.4. The second-order valence-corrected chi connectivity index (χ2v) is 4.98. The SMILES string of the molecule is CC(C)c1ccc(N=Cc2cc([N+](=O)[O-])ccc2[O-])cc1. The molecule has 0 saturated carbocycles. The van der Waals surface area contributed by atoms with Gasteiger partial charge in [0.2, 0.25) is 0 Å². The highest BCUT2D eigenvalue weighted by molar-refractivity contribution is 5.86. The van der Waals surface area contributed by atoms with E-state index in [-0.39, 0.29) is 17.0 Å². The number of rotatable bonds is 4. The molecule has 0 heterocycles. The zero-order valence-electron chi connectivity index (χ0n) is 11.8. The van der Waals surface area contributed by atoms with E-state index in [9.17, 15) is 15.2 Å². The quantitative estimate of drug-likeness (QED) is 0.489. The molecule has 2 rings (SSSR count). The molecule has 2 aromatic rings. The Bertz CT molecular complexity index is 676. The molecule has 0 aromatic heterocycles. The molecule has 0 amide bonds. The van der Waals surface area contributed by atoms with Crippen LogP contribution in [0.5, 0.6) is 5.75 Å².